The first-order valence-corrected chi connectivity index (χ1v) is 7.74. The van der Waals surface area contributed by atoms with E-state index in [0.29, 0.717) is 17.3 Å². The Kier molecular flexibility index (Phi) is 4.69. The predicted octanol–water partition coefficient (Wildman–Crippen LogP) is 3.13. The van der Waals surface area contributed by atoms with E-state index in [-0.39, 0.29) is 12.6 Å². The van der Waals surface area contributed by atoms with E-state index in [4.69, 9.17) is 16.3 Å². The third kappa shape index (κ3) is 3.94. The SMILES string of the molecule is O=C(NCC(O)c1ccc2c(c1)CCO2)Nc1ccc(Cl)cc1. The highest BCUT2D eigenvalue weighted by atomic mass is 35.5. The quantitative estimate of drug-likeness (QED) is 0.805. The van der Waals surface area contributed by atoms with Gasteiger partial charge in [-0.15, -0.1) is 0 Å². The first kappa shape index (κ1) is 15.6. The Morgan fingerprint density at radius 3 is 2.83 bits per heavy atom. The number of aliphatic hydroxyl groups excluding tert-OH is 1. The van der Waals surface area contributed by atoms with Gasteiger partial charge in [0.2, 0.25) is 0 Å². The Labute approximate surface area is 139 Å². The first-order chi connectivity index (χ1) is 11.1. The number of fused-ring (bicyclic) bond motifs is 1. The summed E-state index contributed by atoms with van der Waals surface area (Å²) >= 11 is 5.79. The molecule has 1 aliphatic heterocycles. The summed E-state index contributed by atoms with van der Waals surface area (Å²) in [6.45, 7) is 0.801. The van der Waals surface area contributed by atoms with Crippen molar-refractivity contribution >= 4 is 23.3 Å². The average Bonchev–Trinajstić information content (AvgIpc) is 3.02. The zero-order valence-corrected chi connectivity index (χ0v) is 13.1. The minimum absolute atomic E-state index is 0.124. The first-order valence-electron chi connectivity index (χ1n) is 7.36. The second-order valence-corrected chi connectivity index (χ2v) is 5.76. The van der Waals surface area contributed by atoms with Gasteiger partial charge in [-0.3, -0.25) is 0 Å². The molecule has 1 heterocycles. The highest BCUT2D eigenvalue weighted by molar-refractivity contribution is 6.30. The Bertz CT molecular complexity index is 703. The summed E-state index contributed by atoms with van der Waals surface area (Å²) in [7, 11) is 0. The minimum atomic E-state index is -0.767. The molecule has 120 valence electrons. The van der Waals surface area contributed by atoms with Crippen LogP contribution >= 0.6 is 11.6 Å². The maximum Gasteiger partial charge on any atom is 0.319 e. The van der Waals surface area contributed by atoms with Crippen LogP contribution in [0.25, 0.3) is 0 Å². The summed E-state index contributed by atoms with van der Waals surface area (Å²) in [6.07, 6.45) is 0.0808. The molecule has 0 radical (unpaired) electrons. The molecular weight excluding hydrogens is 316 g/mol. The van der Waals surface area contributed by atoms with Crippen LogP contribution in [-0.2, 0) is 6.42 Å². The molecule has 0 aliphatic carbocycles. The van der Waals surface area contributed by atoms with E-state index in [0.717, 1.165) is 23.3 Å². The van der Waals surface area contributed by atoms with Crippen LogP contribution in [-0.4, -0.2) is 24.3 Å². The third-order valence-corrected chi connectivity index (χ3v) is 3.91. The third-order valence-electron chi connectivity index (χ3n) is 3.66. The number of carbonyl (C=O) groups excluding carboxylic acids is 1. The molecule has 0 saturated heterocycles. The van der Waals surface area contributed by atoms with E-state index in [1.165, 1.54) is 0 Å². The Balaban J connectivity index is 1.53. The summed E-state index contributed by atoms with van der Waals surface area (Å²) in [5.74, 6) is 0.870. The average molecular weight is 333 g/mol. The smallest absolute Gasteiger partial charge is 0.319 e. The van der Waals surface area contributed by atoms with E-state index in [1.54, 1.807) is 24.3 Å². The fourth-order valence-corrected chi connectivity index (χ4v) is 2.56. The zero-order chi connectivity index (χ0) is 16.2. The van der Waals surface area contributed by atoms with Crippen molar-refractivity contribution in [3.05, 3.63) is 58.6 Å². The van der Waals surface area contributed by atoms with E-state index in [2.05, 4.69) is 10.6 Å². The van der Waals surface area contributed by atoms with Crippen molar-refractivity contribution in [1.82, 2.24) is 5.32 Å². The molecule has 6 heteroatoms. The molecule has 23 heavy (non-hydrogen) atoms. The Hall–Kier alpha value is -2.24. The summed E-state index contributed by atoms with van der Waals surface area (Å²) in [4.78, 5) is 11.8. The molecule has 0 spiro atoms. The molecule has 2 aromatic carbocycles. The lowest BCUT2D eigenvalue weighted by Crippen LogP contribution is -2.32. The van der Waals surface area contributed by atoms with Crippen molar-refractivity contribution in [1.29, 1.82) is 0 Å². The monoisotopic (exact) mass is 332 g/mol. The summed E-state index contributed by atoms with van der Waals surface area (Å²) in [5, 5.41) is 16.1. The van der Waals surface area contributed by atoms with Gasteiger partial charge in [0.1, 0.15) is 5.75 Å². The predicted molar refractivity (Wildman–Crippen MR) is 89.1 cm³/mol. The fourth-order valence-electron chi connectivity index (χ4n) is 2.43. The van der Waals surface area contributed by atoms with Gasteiger partial charge in [0.05, 0.1) is 12.7 Å². The number of halogens is 1. The maximum absolute atomic E-state index is 11.8. The molecule has 1 aliphatic rings. The molecule has 2 aromatic rings. The van der Waals surface area contributed by atoms with Crippen LogP contribution in [0.1, 0.15) is 17.2 Å². The van der Waals surface area contributed by atoms with Crippen LogP contribution < -0.4 is 15.4 Å². The number of nitrogens with one attached hydrogen (secondary N) is 2. The normalized spacial score (nSPS) is 13.8. The van der Waals surface area contributed by atoms with Crippen LogP contribution in [0.3, 0.4) is 0 Å². The number of benzene rings is 2. The van der Waals surface area contributed by atoms with Crippen LogP contribution in [0, 0.1) is 0 Å². The fraction of sp³-hybridized carbons (Fsp3) is 0.235. The number of hydrogen-bond donors (Lipinski definition) is 3. The van der Waals surface area contributed by atoms with Gasteiger partial charge in [-0.25, -0.2) is 4.79 Å². The number of amides is 2. The molecule has 0 bridgehead atoms. The van der Waals surface area contributed by atoms with Gasteiger partial charge < -0.3 is 20.5 Å². The topological polar surface area (TPSA) is 70.6 Å². The lowest BCUT2D eigenvalue weighted by atomic mass is 10.0. The number of carbonyl (C=O) groups is 1. The number of aliphatic hydroxyl groups is 1. The van der Waals surface area contributed by atoms with Crippen molar-refractivity contribution in [2.45, 2.75) is 12.5 Å². The lowest BCUT2D eigenvalue weighted by Gasteiger charge is -2.14. The van der Waals surface area contributed by atoms with E-state index in [9.17, 15) is 9.90 Å². The van der Waals surface area contributed by atoms with Gasteiger partial charge in [-0.1, -0.05) is 17.7 Å². The van der Waals surface area contributed by atoms with Crippen LogP contribution in [0.4, 0.5) is 10.5 Å². The Morgan fingerprint density at radius 1 is 1.26 bits per heavy atom. The number of rotatable bonds is 4. The molecule has 3 N–H and O–H groups in total. The second-order valence-electron chi connectivity index (χ2n) is 5.32. The van der Waals surface area contributed by atoms with Gasteiger partial charge in [0.15, 0.2) is 0 Å². The number of hydrogen-bond acceptors (Lipinski definition) is 3. The largest absolute Gasteiger partial charge is 0.493 e. The molecule has 5 nitrogen and oxygen atoms in total. The minimum Gasteiger partial charge on any atom is -0.493 e. The van der Waals surface area contributed by atoms with E-state index >= 15 is 0 Å². The second kappa shape index (κ2) is 6.89. The molecular formula is C17H17ClN2O3. The highest BCUT2D eigenvalue weighted by Gasteiger charge is 2.16. The van der Waals surface area contributed by atoms with E-state index < -0.39 is 6.10 Å². The molecule has 1 unspecified atom stereocenters. The van der Waals surface area contributed by atoms with Crippen molar-refractivity contribution < 1.29 is 14.6 Å². The molecule has 1 atom stereocenters. The highest BCUT2D eigenvalue weighted by Crippen LogP contribution is 2.28. The number of anilines is 1. The molecule has 3 rings (SSSR count). The summed E-state index contributed by atoms with van der Waals surface area (Å²) < 4.78 is 5.44. The molecule has 2 amide bonds. The zero-order valence-electron chi connectivity index (χ0n) is 12.4. The number of ether oxygens (including phenoxy) is 1. The van der Waals surface area contributed by atoms with Crippen molar-refractivity contribution in [2.75, 3.05) is 18.5 Å². The van der Waals surface area contributed by atoms with Crippen LogP contribution in [0.15, 0.2) is 42.5 Å². The molecule has 0 fully saturated rings. The van der Waals surface area contributed by atoms with Crippen molar-refractivity contribution in [3.63, 3.8) is 0 Å². The lowest BCUT2D eigenvalue weighted by molar-refractivity contribution is 0.175. The summed E-state index contributed by atoms with van der Waals surface area (Å²) in [6, 6.07) is 12.0. The summed E-state index contributed by atoms with van der Waals surface area (Å²) in [5.41, 5.74) is 2.49. The van der Waals surface area contributed by atoms with E-state index in [1.807, 2.05) is 18.2 Å². The van der Waals surface area contributed by atoms with Gasteiger partial charge in [0.25, 0.3) is 0 Å². The van der Waals surface area contributed by atoms with Gasteiger partial charge >= 0.3 is 6.03 Å². The van der Waals surface area contributed by atoms with Gasteiger partial charge in [-0.2, -0.15) is 0 Å². The van der Waals surface area contributed by atoms with Crippen LogP contribution in [0.5, 0.6) is 5.75 Å². The van der Waals surface area contributed by atoms with Crippen LogP contribution in [0.2, 0.25) is 5.02 Å². The maximum atomic E-state index is 11.8. The van der Waals surface area contributed by atoms with Crippen molar-refractivity contribution in [2.24, 2.45) is 0 Å². The van der Waals surface area contributed by atoms with Gasteiger partial charge in [-0.05, 0) is 47.5 Å². The standard InChI is InChI=1S/C17H17ClN2O3/c18-13-2-4-14(5-3-13)20-17(22)19-10-15(21)11-1-6-16-12(9-11)7-8-23-16/h1-6,9,15,21H,7-8,10H2,(H2,19,20,22). The van der Waals surface area contributed by atoms with Crippen molar-refractivity contribution in [3.8, 4) is 5.75 Å². The Morgan fingerprint density at radius 2 is 2.04 bits per heavy atom. The van der Waals surface area contributed by atoms with Gasteiger partial charge in [0, 0.05) is 23.7 Å². The molecule has 0 saturated carbocycles. The number of urea groups is 1. The molecule has 0 aromatic heterocycles.